The van der Waals surface area contributed by atoms with E-state index in [1.165, 1.54) is 17.4 Å². The number of hydrogen-bond acceptors (Lipinski definition) is 4. The fourth-order valence-electron chi connectivity index (χ4n) is 4.24. The number of fused-ring (bicyclic) bond motifs is 2. The number of nitrogens with zero attached hydrogens (tertiary/aromatic N) is 1. The lowest BCUT2D eigenvalue weighted by Crippen LogP contribution is -2.33. The molecule has 2 aliphatic rings. The molecule has 1 aliphatic carbocycles. The molecule has 1 aromatic carbocycles. The lowest BCUT2D eigenvalue weighted by molar-refractivity contribution is 0.0780. The highest BCUT2D eigenvalue weighted by Crippen LogP contribution is 2.40. The Balaban J connectivity index is 1.70. The SMILES string of the molecule is COCc1c(C(=O)N2CC3CCC(N)C3C2)sc2cccc(F)c12. The molecule has 4 rings (SSSR count). The predicted molar refractivity (Wildman–Crippen MR) is 92.6 cm³/mol. The van der Waals surface area contributed by atoms with Crippen LogP contribution in [0.2, 0.25) is 0 Å². The molecule has 128 valence electrons. The normalized spacial score (nSPS) is 26.3. The topological polar surface area (TPSA) is 55.6 Å². The van der Waals surface area contributed by atoms with E-state index in [1.807, 2.05) is 11.0 Å². The fourth-order valence-corrected chi connectivity index (χ4v) is 5.43. The first-order chi connectivity index (χ1) is 11.6. The van der Waals surface area contributed by atoms with Crippen molar-refractivity contribution in [2.75, 3.05) is 20.2 Å². The predicted octanol–water partition coefficient (Wildman–Crippen LogP) is 3.00. The van der Waals surface area contributed by atoms with E-state index < -0.39 is 0 Å². The van der Waals surface area contributed by atoms with Crippen molar-refractivity contribution in [1.82, 2.24) is 4.90 Å². The first-order valence-corrected chi connectivity index (χ1v) is 9.15. The molecule has 2 aromatic rings. The van der Waals surface area contributed by atoms with Gasteiger partial charge in [-0.05, 0) is 36.8 Å². The van der Waals surface area contributed by atoms with Crippen LogP contribution in [0.3, 0.4) is 0 Å². The summed E-state index contributed by atoms with van der Waals surface area (Å²) in [6, 6.07) is 5.17. The second-order valence-corrected chi connectivity index (χ2v) is 7.88. The summed E-state index contributed by atoms with van der Waals surface area (Å²) in [7, 11) is 1.57. The number of nitrogens with two attached hydrogens (primary N) is 1. The number of hydrogen-bond donors (Lipinski definition) is 1. The number of methoxy groups -OCH3 is 1. The molecule has 24 heavy (non-hydrogen) atoms. The molecule has 1 saturated carbocycles. The molecule has 2 fully saturated rings. The molecule has 2 N–H and O–H groups in total. The third-order valence-electron chi connectivity index (χ3n) is 5.45. The summed E-state index contributed by atoms with van der Waals surface area (Å²) >= 11 is 1.36. The maximum absolute atomic E-state index is 14.3. The zero-order chi connectivity index (χ0) is 16.8. The third kappa shape index (κ3) is 2.44. The largest absolute Gasteiger partial charge is 0.380 e. The van der Waals surface area contributed by atoms with Crippen LogP contribution in [0.15, 0.2) is 18.2 Å². The summed E-state index contributed by atoms with van der Waals surface area (Å²) in [5.41, 5.74) is 6.84. The van der Waals surface area contributed by atoms with Crippen molar-refractivity contribution in [2.24, 2.45) is 17.6 Å². The van der Waals surface area contributed by atoms with Crippen LogP contribution in [-0.4, -0.2) is 37.0 Å². The first kappa shape index (κ1) is 16.0. The maximum atomic E-state index is 14.3. The Morgan fingerprint density at radius 1 is 1.42 bits per heavy atom. The van der Waals surface area contributed by atoms with E-state index in [0.29, 0.717) is 34.2 Å². The maximum Gasteiger partial charge on any atom is 0.264 e. The summed E-state index contributed by atoms with van der Waals surface area (Å²) in [5, 5.41) is 0.517. The molecule has 3 unspecified atom stereocenters. The Bertz CT molecular complexity index is 791. The third-order valence-corrected chi connectivity index (χ3v) is 6.63. The zero-order valence-corrected chi connectivity index (χ0v) is 14.4. The van der Waals surface area contributed by atoms with Crippen LogP contribution in [0.4, 0.5) is 4.39 Å². The van der Waals surface area contributed by atoms with Crippen LogP contribution < -0.4 is 5.73 Å². The van der Waals surface area contributed by atoms with Crippen molar-refractivity contribution >= 4 is 27.3 Å². The highest BCUT2D eigenvalue weighted by atomic mass is 32.1. The number of rotatable bonds is 3. The zero-order valence-electron chi connectivity index (χ0n) is 13.6. The molecule has 0 bridgehead atoms. The molecular formula is C18H21FN2O2S. The summed E-state index contributed by atoms with van der Waals surface area (Å²) in [4.78, 5) is 15.6. The van der Waals surface area contributed by atoms with E-state index in [-0.39, 0.29) is 24.4 Å². The second-order valence-electron chi connectivity index (χ2n) is 6.83. The van der Waals surface area contributed by atoms with Crippen LogP contribution in [0.5, 0.6) is 0 Å². The van der Waals surface area contributed by atoms with Crippen molar-refractivity contribution < 1.29 is 13.9 Å². The van der Waals surface area contributed by atoms with Crippen LogP contribution in [0, 0.1) is 17.7 Å². The molecule has 0 spiro atoms. The lowest BCUT2D eigenvalue weighted by Gasteiger charge is -2.18. The summed E-state index contributed by atoms with van der Waals surface area (Å²) in [6.07, 6.45) is 2.15. The van der Waals surface area contributed by atoms with Gasteiger partial charge in [0.15, 0.2) is 0 Å². The Labute approximate surface area is 144 Å². The summed E-state index contributed by atoms with van der Waals surface area (Å²) in [5.74, 6) is 0.617. The van der Waals surface area contributed by atoms with Crippen molar-refractivity contribution in [3.8, 4) is 0 Å². The Morgan fingerprint density at radius 3 is 3.00 bits per heavy atom. The van der Waals surface area contributed by atoms with Gasteiger partial charge in [-0.1, -0.05) is 6.07 Å². The molecular weight excluding hydrogens is 327 g/mol. The highest BCUT2D eigenvalue weighted by Gasteiger charge is 2.43. The molecule has 1 aromatic heterocycles. The second kappa shape index (κ2) is 6.10. The molecule has 0 radical (unpaired) electrons. The van der Waals surface area contributed by atoms with E-state index in [0.717, 1.165) is 24.1 Å². The number of carbonyl (C=O) groups is 1. The Hall–Kier alpha value is -1.50. The minimum Gasteiger partial charge on any atom is -0.380 e. The fraction of sp³-hybridized carbons (Fsp3) is 0.500. The monoisotopic (exact) mass is 348 g/mol. The van der Waals surface area contributed by atoms with Crippen LogP contribution in [0.1, 0.15) is 28.1 Å². The number of benzene rings is 1. The van der Waals surface area contributed by atoms with E-state index in [1.54, 1.807) is 13.2 Å². The number of ether oxygens (including phenoxy) is 1. The van der Waals surface area contributed by atoms with E-state index >= 15 is 0 Å². The van der Waals surface area contributed by atoms with Gasteiger partial charge < -0.3 is 15.4 Å². The number of carbonyl (C=O) groups excluding carboxylic acids is 1. The van der Waals surface area contributed by atoms with Crippen molar-refractivity contribution in [2.45, 2.75) is 25.5 Å². The van der Waals surface area contributed by atoms with Gasteiger partial charge in [0.2, 0.25) is 0 Å². The minimum atomic E-state index is -0.296. The number of halogens is 1. The van der Waals surface area contributed by atoms with Crippen molar-refractivity contribution in [3.05, 3.63) is 34.5 Å². The van der Waals surface area contributed by atoms with Gasteiger partial charge in [0.25, 0.3) is 5.91 Å². The van der Waals surface area contributed by atoms with Gasteiger partial charge in [-0.15, -0.1) is 11.3 Å². The average Bonchev–Trinajstić information content (AvgIpc) is 3.23. The van der Waals surface area contributed by atoms with Gasteiger partial charge in [-0.2, -0.15) is 0 Å². The van der Waals surface area contributed by atoms with Gasteiger partial charge in [0.05, 0.1) is 11.5 Å². The molecule has 3 atom stereocenters. The van der Waals surface area contributed by atoms with Gasteiger partial charge >= 0.3 is 0 Å². The quantitative estimate of drug-likeness (QED) is 0.928. The average molecular weight is 348 g/mol. The standard InChI is InChI=1S/C18H21FN2O2S/c1-23-9-12-16-13(19)3-2-4-15(16)24-17(12)18(22)21-7-10-5-6-14(20)11(10)8-21/h2-4,10-11,14H,5-9,20H2,1H3. The smallest absolute Gasteiger partial charge is 0.264 e. The van der Waals surface area contributed by atoms with Crippen molar-refractivity contribution in [1.29, 1.82) is 0 Å². The van der Waals surface area contributed by atoms with Gasteiger partial charge in [-0.25, -0.2) is 4.39 Å². The highest BCUT2D eigenvalue weighted by molar-refractivity contribution is 7.21. The van der Waals surface area contributed by atoms with Crippen LogP contribution >= 0.6 is 11.3 Å². The van der Waals surface area contributed by atoms with Gasteiger partial charge in [-0.3, -0.25) is 4.79 Å². The van der Waals surface area contributed by atoms with Gasteiger partial charge in [0.1, 0.15) is 5.82 Å². The van der Waals surface area contributed by atoms with E-state index in [4.69, 9.17) is 10.5 Å². The molecule has 6 heteroatoms. The number of amides is 1. The first-order valence-electron chi connectivity index (χ1n) is 8.33. The Morgan fingerprint density at radius 2 is 2.25 bits per heavy atom. The van der Waals surface area contributed by atoms with E-state index in [9.17, 15) is 9.18 Å². The number of likely N-dealkylation sites (tertiary alicyclic amines) is 1. The van der Waals surface area contributed by atoms with E-state index in [2.05, 4.69) is 0 Å². The van der Waals surface area contributed by atoms with Crippen LogP contribution in [-0.2, 0) is 11.3 Å². The van der Waals surface area contributed by atoms with Crippen LogP contribution in [0.25, 0.3) is 10.1 Å². The molecule has 2 heterocycles. The minimum absolute atomic E-state index is 0.00995. The van der Waals surface area contributed by atoms with Crippen molar-refractivity contribution in [3.63, 3.8) is 0 Å². The molecule has 1 saturated heterocycles. The molecule has 1 amide bonds. The summed E-state index contributed by atoms with van der Waals surface area (Å²) in [6.45, 7) is 1.72. The molecule has 4 nitrogen and oxygen atoms in total. The van der Waals surface area contributed by atoms with Gasteiger partial charge in [0, 0.05) is 41.9 Å². The number of thiophene rings is 1. The molecule has 1 aliphatic heterocycles. The lowest BCUT2D eigenvalue weighted by atomic mass is 9.98. The Kier molecular flexibility index (Phi) is 4.06. The summed E-state index contributed by atoms with van der Waals surface area (Å²) < 4.78 is 20.3.